The lowest BCUT2D eigenvalue weighted by molar-refractivity contribution is 0.287. The van der Waals surface area contributed by atoms with Crippen LogP contribution < -0.4 is 9.47 Å². The van der Waals surface area contributed by atoms with Crippen molar-refractivity contribution in [2.75, 3.05) is 7.11 Å². The molecule has 1 aromatic heterocycles. The molecule has 0 unspecified atom stereocenters. The molecule has 0 N–H and O–H groups in total. The van der Waals surface area contributed by atoms with E-state index in [4.69, 9.17) is 9.47 Å². The number of ether oxygens (including phenoxy) is 2. The number of methoxy groups -OCH3 is 1. The van der Waals surface area contributed by atoms with E-state index >= 15 is 0 Å². The SMILES string of the molecule is CCn1c(C)cnc1COc1cccc(OC)c1. The lowest BCUT2D eigenvalue weighted by Crippen LogP contribution is -2.07. The smallest absolute Gasteiger partial charge is 0.146 e. The molecule has 4 nitrogen and oxygen atoms in total. The number of aromatic nitrogens is 2. The lowest BCUT2D eigenvalue weighted by Gasteiger charge is -2.09. The molecule has 0 fully saturated rings. The third-order valence-electron chi connectivity index (χ3n) is 2.86. The summed E-state index contributed by atoms with van der Waals surface area (Å²) < 4.78 is 13.0. The molecule has 0 amide bonds. The van der Waals surface area contributed by atoms with Crippen LogP contribution in [0.2, 0.25) is 0 Å². The molecule has 4 heteroatoms. The van der Waals surface area contributed by atoms with E-state index in [1.165, 1.54) is 0 Å². The van der Waals surface area contributed by atoms with Gasteiger partial charge in [0, 0.05) is 24.5 Å². The zero-order valence-electron chi connectivity index (χ0n) is 11.0. The summed E-state index contributed by atoms with van der Waals surface area (Å²) in [6, 6.07) is 7.58. The van der Waals surface area contributed by atoms with Crippen molar-refractivity contribution < 1.29 is 9.47 Å². The van der Waals surface area contributed by atoms with Gasteiger partial charge in [-0.3, -0.25) is 0 Å². The molecule has 2 rings (SSSR count). The number of imidazole rings is 1. The number of hydrogen-bond acceptors (Lipinski definition) is 3. The van der Waals surface area contributed by atoms with Gasteiger partial charge < -0.3 is 14.0 Å². The summed E-state index contributed by atoms with van der Waals surface area (Å²) in [4.78, 5) is 4.35. The molecular weight excluding hydrogens is 228 g/mol. The van der Waals surface area contributed by atoms with E-state index in [1.54, 1.807) is 7.11 Å². The second-order valence-electron chi connectivity index (χ2n) is 4.03. The van der Waals surface area contributed by atoms with Gasteiger partial charge in [-0.25, -0.2) is 4.98 Å². The van der Waals surface area contributed by atoms with Crippen molar-refractivity contribution in [2.45, 2.75) is 27.0 Å². The molecule has 2 aromatic rings. The van der Waals surface area contributed by atoms with Crippen molar-refractivity contribution in [1.29, 1.82) is 0 Å². The summed E-state index contributed by atoms with van der Waals surface area (Å²) >= 11 is 0. The fourth-order valence-electron chi connectivity index (χ4n) is 1.90. The molecule has 18 heavy (non-hydrogen) atoms. The summed E-state index contributed by atoms with van der Waals surface area (Å²) in [7, 11) is 1.65. The Morgan fingerprint density at radius 1 is 1.28 bits per heavy atom. The number of aryl methyl sites for hydroxylation is 1. The van der Waals surface area contributed by atoms with Gasteiger partial charge in [-0.05, 0) is 26.0 Å². The van der Waals surface area contributed by atoms with E-state index in [1.807, 2.05) is 37.4 Å². The van der Waals surface area contributed by atoms with E-state index < -0.39 is 0 Å². The van der Waals surface area contributed by atoms with E-state index in [0.29, 0.717) is 6.61 Å². The fraction of sp³-hybridized carbons (Fsp3) is 0.357. The number of nitrogens with zero attached hydrogens (tertiary/aromatic N) is 2. The lowest BCUT2D eigenvalue weighted by atomic mass is 10.3. The first kappa shape index (κ1) is 12.5. The summed E-state index contributed by atoms with van der Waals surface area (Å²) in [5.74, 6) is 2.53. The van der Waals surface area contributed by atoms with Gasteiger partial charge in [-0.2, -0.15) is 0 Å². The molecule has 0 saturated heterocycles. The van der Waals surface area contributed by atoms with Crippen molar-refractivity contribution in [3.05, 3.63) is 42.0 Å². The van der Waals surface area contributed by atoms with Gasteiger partial charge in [-0.15, -0.1) is 0 Å². The van der Waals surface area contributed by atoms with Crippen LogP contribution in [0.1, 0.15) is 18.4 Å². The van der Waals surface area contributed by atoms with Gasteiger partial charge >= 0.3 is 0 Å². The van der Waals surface area contributed by atoms with Gasteiger partial charge in [-0.1, -0.05) is 6.07 Å². The second kappa shape index (κ2) is 5.58. The van der Waals surface area contributed by atoms with Crippen molar-refractivity contribution in [3.8, 4) is 11.5 Å². The highest BCUT2D eigenvalue weighted by atomic mass is 16.5. The normalized spacial score (nSPS) is 10.4. The molecular formula is C14H18N2O2. The molecule has 1 heterocycles. The third kappa shape index (κ3) is 2.64. The van der Waals surface area contributed by atoms with Crippen LogP contribution in [-0.4, -0.2) is 16.7 Å². The molecule has 0 bridgehead atoms. The van der Waals surface area contributed by atoms with Crippen molar-refractivity contribution in [1.82, 2.24) is 9.55 Å². The zero-order chi connectivity index (χ0) is 13.0. The molecule has 1 aromatic carbocycles. The minimum atomic E-state index is 0.467. The monoisotopic (exact) mass is 246 g/mol. The Bertz CT molecular complexity index is 520. The molecule has 96 valence electrons. The Balaban J connectivity index is 2.06. The van der Waals surface area contributed by atoms with Crippen LogP contribution in [0.25, 0.3) is 0 Å². The van der Waals surface area contributed by atoms with Gasteiger partial charge in [0.25, 0.3) is 0 Å². The zero-order valence-corrected chi connectivity index (χ0v) is 11.0. The first-order valence-electron chi connectivity index (χ1n) is 6.02. The van der Waals surface area contributed by atoms with Crippen LogP contribution in [0.15, 0.2) is 30.5 Å². The van der Waals surface area contributed by atoms with E-state index in [-0.39, 0.29) is 0 Å². The molecule has 0 saturated carbocycles. The highest BCUT2D eigenvalue weighted by Gasteiger charge is 2.06. The molecule has 0 aliphatic carbocycles. The van der Waals surface area contributed by atoms with Gasteiger partial charge in [0.05, 0.1) is 7.11 Å². The van der Waals surface area contributed by atoms with Gasteiger partial charge in [0.1, 0.15) is 23.9 Å². The first-order chi connectivity index (χ1) is 8.74. The molecule has 0 aliphatic rings. The highest BCUT2D eigenvalue weighted by Crippen LogP contribution is 2.19. The summed E-state index contributed by atoms with van der Waals surface area (Å²) in [5, 5.41) is 0. The number of hydrogen-bond donors (Lipinski definition) is 0. The maximum Gasteiger partial charge on any atom is 0.146 e. The Morgan fingerprint density at radius 2 is 2.06 bits per heavy atom. The summed E-state index contributed by atoms with van der Waals surface area (Å²) in [5.41, 5.74) is 1.15. The Morgan fingerprint density at radius 3 is 2.78 bits per heavy atom. The third-order valence-corrected chi connectivity index (χ3v) is 2.86. The van der Waals surface area contributed by atoms with Crippen LogP contribution in [0.4, 0.5) is 0 Å². The van der Waals surface area contributed by atoms with Gasteiger partial charge in [0.15, 0.2) is 0 Å². The van der Waals surface area contributed by atoms with E-state index in [9.17, 15) is 0 Å². The van der Waals surface area contributed by atoms with Crippen LogP contribution in [0, 0.1) is 6.92 Å². The Kier molecular flexibility index (Phi) is 3.87. The standard InChI is InChI=1S/C14H18N2O2/c1-4-16-11(2)9-15-14(16)10-18-13-7-5-6-12(8-13)17-3/h5-9H,4,10H2,1-3H3. The van der Waals surface area contributed by atoms with Crippen LogP contribution in [0.5, 0.6) is 11.5 Å². The summed E-state index contributed by atoms with van der Waals surface area (Å²) in [6.07, 6.45) is 1.87. The molecule has 0 atom stereocenters. The van der Waals surface area contributed by atoms with Crippen molar-refractivity contribution >= 4 is 0 Å². The average Bonchev–Trinajstić information content (AvgIpc) is 2.77. The van der Waals surface area contributed by atoms with Gasteiger partial charge in [0.2, 0.25) is 0 Å². The quantitative estimate of drug-likeness (QED) is 0.814. The Hall–Kier alpha value is -1.97. The van der Waals surface area contributed by atoms with E-state index in [2.05, 4.69) is 16.5 Å². The largest absolute Gasteiger partial charge is 0.497 e. The van der Waals surface area contributed by atoms with Crippen LogP contribution in [-0.2, 0) is 13.2 Å². The minimum absolute atomic E-state index is 0.467. The molecule has 0 spiro atoms. The minimum Gasteiger partial charge on any atom is -0.497 e. The van der Waals surface area contributed by atoms with Crippen molar-refractivity contribution in [2.24, 2.45) is 0 Å². The molecule has 0 radical (unpaired) electrons. The predicted molar refractivity (Wildman–Crippen MR) is 70.0 cm³/mol. The molecule has 0 aliphatic heterocycles. The average molecular weight is 246 g/mol. The summed E-state index contributed by atoms with van der Waals surface area (Å²) in [6.45, 7) is 5.52. The van der Waals surface area contributed by atoms with Crippen molar-refractivity contribution in [3.63, 3.8) is 0 Å². The number of benzene rings is 1. The van der Waals surface area contributed by atoms with Crippen LogP contribution >= 0.6 is 0 Å². The number of rotatable bonds is 5. The fourth-order valence-corrected chi connectivity index (χ4v) is 1.90. The predicted octanol–water partition coefficient (Wildman–Crippen LogP) is 2.80. The Labute approximate surface area is 107 Å². The maximum absolute atomic E-state index is 5.73. The maximum atomic E-state index is 5.73. The second-order valence-corrected chi connectivity index (χ2v) is 4.03. The first-order valence-corrected chi connectivity index (χ1v) is 6.02. The van der Waals surface area contributed by atoms with E-state index in [0.717, 1.165) is 29.6 Å². The highest BCUT2D eigenvalue weighted by molar-refractivity contribution is 5.32. The van der Waals surface area contributed by atoms with Crippen LogP contribution in [0.3, 0.4) is 0 Å². The topological polar surface area (TPSA) is 36.3 Å².